The summed E-state index contributed by atoms with van der Waals surface area (Å²) in [6.45, 7) is 13.0. The van der Waals surface area contributed by atoms with Crippen LogP contribution in [-0.2, 0) is 18.8 Å². The van der Waals surface area contributed by atoms with Crippen molar-refractivity contribution in [2.24, 2.45) is 29.6 Å². The molecule has 2 heterocycles. The largest absolute Gasteiger partial charge is 0.413 e. The zero-order valence-corrected chi connectivity index (χ0v) is 21.3. The number of fused-ring (bicyclic) bond motifs is 5. The molecule has 2 aliphatic heterocycles. The molecule has 4 unspecified atom stereocenters. The monoisotopic (exact) mass is 466 g/mol. The Bertz CT molecular complexity index is 1040. The lowest BCUT2D eigenvalue weighted by Gasteiger charge is -2.47. The van der Waals surface area contributed by atoms with E-state index in [1.165, 1.54) is 4.90 Å². The zero-order chi connectivity index (χ0) is 23.9. The minimum absolute atomic E-state index is 0.0123. The summed E-state index contributed by atoms with van der Waals surface area (Å²) >= 11 is 0. The van der Waals surface area contributed by atoms with Crippen molar-refractivity contribution in [2.75, 3.05) is 4.90 Å². The Balaban J connectivity index is 1.37. The Morgan fingerprint density at radius 2 is 1.70 bits per heavy atom. The number of carbonyl (C=O) groups is 3. The first kappa shape index (κ1) is 22.5. The summed E-state index contributed by atoms with van der Waals surface area (Å²) in [6, 6.07) is 9.10. The predicted octanol–water partition coefficient (Wildman–Crippen LogP) is 3.89. The van der Waals surface area contributed by atoms with E-state index in [9.17, 15) is 14.4 Å². The van der Waals surface area contributed by atoms with Gasteiger partial charge in [0.05, 0.1) is 35.6 Å². The van der Waals surface area contributed by atoms with E-state index in [4.69, 9.17) is 4.43 Å². The van der Waals surface area contributed by atoms with E-state index in [0.29, 0.717) is 5.69 Å². The van der Waals surface area contributed by atoms with Crippen molar-refractivity contribution in [3.05, 3.63) is 42.0 Å². The maximum Gasteiger partial charge on any atom is 0.238 e. The van der Waals surface area contributed by atoms with Gasteiger partial charge in [-0.1, -0.05) is 45.0 Å². The van der Waals surface area contributed by atoms with Crippen molar-refractivity contribution in [2.45, 2.75) is 64.4 Å². The summed E-state index contributed by atoms with van der Waals surface area (Å²) in [6.07, 6.45) is 2.81. The molecular formula is C26H34N2O4Si. The van der Waals surface area contributed by atoms with Gasteiger partial charge < -0.3 is 9.74 Å². The maximum atomic E-state index is 13.4. The third kappa shape index (κ3) is 3.27. The molecule has 1 aromatic carbocycles. The number of hydrogen-bond donors (Lipinski definition) is 1. The van der Waals surface area contributed by atoms with Crippen molar-refractivity contribution < 1.29 is 18.8 Å². The highest BCUT2D eigenvalue weighted by Gasteiger charge is 2.64. The van der Waals surface area contributed by atoms with Gasteiger partial charge in [-0.15, -0.1) is 0 Å². The van der Waals surface area contributed by atoms with E-state index in [2.05, 4.69) is 45.3 Å². The van der Waals surface area contributed by atoms with E-state index in [1.54, 1.807) is 0 Å². The van der Waals surface area contributed by atoms with Crippen LogP contribution in [0.5, 0.6) is 0 Å². The predicted molar refractivity (Wildman–Crippen MR) is 129 cm³/mol. The van der Waals surface area contributed by atoms with Crippen LogP contribution in [-0.4, -0.2) is 38.2 Å². The number of hydrogen-bond acceptors (Lipinski definition) is 4. The van der Waals surface area contributed by atoms with Gasteiger partial charge in [-0.3, -0.25) is 19.3 Å². The molecule has 4 aliphatic rings. The highest BCUT2D eigenvalue weighted by atomic mass is 28.4. The number of β-lactam (4-membered cyclic amide) rings is 1. The lowest BCUT2D eigenvalue weighted by molar-refractivity contribution is -0.138. The van der Waals surface area contributed by atoms with E-state index >= 15 is 0 Å². The lowest BCUT2D eigenvalue weighted by atomic mass is 9.72. The second-order valence-corrected chi connectivity index (χ2v) is 16.4. The van der Waals surface area contributed by atoms with E-state index < -0.39 is 8.32 Å². The fourth-order valence-corrected chi connectivity index (χ4v) is 7.54. The van der Waals surface area contributed by atoms with Crippen LogP contribution < -0.4 is 10.2 Å². The van der Waals surface area contributed by atoms with Crippen LogP contribution in [0.25, 0.3) is 0 Å². The second kappa shape index (κ2) is 7.37. The lowest BCUT2D eigenvalue weighted by Crippen LogP contribution is -2.65. The molecule has 5 rings (SSSR count). The number of imide groups is 1. The van der Waals surface area contributed by atoms with Crippen molar-refractivity contribution in [1.82, 2.24) is 5.32 Å². The van der Waals surface area contributed by atoms with Gasteiger partial charge in [0.1, 0.15) is 0 Å². The SMILES string of the molecule is C[C@@H](O[Si](C)(C)C(C)(C)C)[C@H]1C(=O)N[C@@H]1C1=CC2CC1C1C(=O)N(c3ccccc3)C(=O)C21. The fourth-order valence-electron chi connectivity index (χ4n) is 6.11. The van der Waals surface area contributed by atoms with Crippen LogP contribution in [0.4, 0.5) is 5.69 Å². The normalized spacial score (nSPS) is 34.2. The first-order chi connectivity index (χ1) is 15.4. The van der Waals surface area contributed by atoms with Crippen molar-refractivity contribution in [3.8, 4) is 0 Å². The van der Waals surface area contributed by atoms with Gasteiger partial charge in [-0.25, -0.2) is 0 Å². The van der Waals surface area contributed by atoms with Crippen LogP contribution in [0, 0.1) is 29.6 Å². The molecule has 176 valence electrons. The molecule has 2 bridgehead atoms. The van der Waals surface area contributed by atoms with Crippen LogP contribution in [0.1, 0.15) is 34.1 Å². The molecule has 2 aliphatic carbocycles. The number of benzene rings is 1. The third-order valence-electron chi connectivity index (χ3n) is 8.78. The standard InChI is InChI=1S/C26H34N2O4Si/c1-14(32-33(5,6)26(2,3)4)19-22(27-23(19)29)18-13-15-12-17(18)21-20(15)24(30)28(25(21)31)16-10-8-7-9-11-16/h7-11,13-15,17,19-22H,12H2,1-6H3,(H,27,29)/t14-,15?,17?,19-,20?,21?,22-/m1/s1. The van der Waals surface area contributed by atoms with E-state index in [0.717, 1.165) is 12.0 Å². The molecule has 1 N–H and O–H groups in total. The summed E-state index contributed by atoms with van der Waals surface area (Å²) in [5.41, 5.74) is 1.78. The summed E-state index contributed by atoms with van der Waals surface area (Å²) in [7, 11) is -2.02. The molecule has 33 heavy (non-hydrogen) atoms. The minimum Gasteiger partial charge on any atom is -0.413 e. The Morgan fingerprint density at radius 3 is 2.30 bits per heavy atom. The van der Waals surface area contributed by atoms with Crippen molar-refractivity contribution in [3.63, 3.8) is 0 Å². The number of rotatable bonds is 5. The highest BCUT2D eigenvalue weighted by Crippen LogP contribution is 2.58. The van der Waals surface area contributed by atoms with Gasteiger partial charge in [0.25, 0.3) is 0 Å². The topological polar surface area (TPSA) is 75.7 Å². The van der Waals surface area contributed by atoms with Crippen LogP contribution in [0.2, 0.25) is 18.1 Å². The number of nitrogens with zero attached hydrogens (tertiary/aromatic N) is 1. The fraction of sp³-hybridized carbons (Fsp3) is 0.577. The molecular weight excluding hydrogens is 432 g/mol. The second-order valence-electron chi connectivity index (χ2n) is 11.7. The molecule has 7 heteroatoms. The third-order valence-corrected chi connectivity index (χ3v) is 13.4. The summed E-state index contributed by atoms with van der Waals surface area (Å²) in [5.74, 6) is -0.927. The van der Waals surface area contributed by atoms with Crippen LogP contribution >= 0.6 is 0 Å². The average molecular weight is 467 g/mol. The minimum atomic E-state index is -2.02. The molecule has 6 nitrogen and oxygen atoms in total. The molecule has 3 amide bonds. The van der Waals surface area contributed by atoms with Gasteiger partial charge in [-0.2, -0.15) is 0 Å². The molecule has 3 fully saturated rings. The summed E-state index contributed by atoms with van der Waals surface area (Å²) in [4.78, 5) is 40.6. The molecule has 7 atom stereocenters. The number of amides is 3. The first-order valence-electron chi connectivity index (χ1n) is 12.0. The molecule has 0 spiro atoms. The Hall–Kier alpha value is -2.25. The Morgan fingerprint density at radius 1 is 1.06 bits per heavy atom. The Kier molecular flexibility index (Phi) is 5.03. The number of anilines is 1. The molecule has 1 aromatic rings. The number of nitrogens with one attached hydrogen (secondary N) is 1. The van der Waals surface area contributed by atoms with Gasteiger partial charge in [0.2, 0.25) is 17.7 Å². The van der Waals surface area contributed by atoms with Gasteiger partial charge in [0.15, 0.2) is 8.32 Å². The van der Waals surface area contributed by atoms with Crippen molar-refractivity contribution in [1.29, 1.82) is 0 Å². The number of carbonyl (C=O) groups excluding carboxylic acids is 3. The van der Waals surface area contributed by atoms with E-state index in [1.807, 2.05) is 37.3 Å². The summed E-state index contributed by atoms with van der Waals surface area (Å²) < 4.78 is 6.57. The molecule has 0 radical (unpaired) electrons. The van der Waals surface area contributed by atoms with Crippen LogP contribution in [0.3, 0.4) is 0 Å². The van der Waals surface area contributed by atoms with Gasteiger partial charge in [-0.05, 0) is 61.0 Å². The molecule has 1 saturated carbocycles. The van der Waals surface area contributed by atoms with Crippen LogP contribution in [0.15, 0.2) is 42.0 Å². The summed E-state index contributed by atoms with van der Waals surface area (Å²) in [5, 5.41) is 3.16. The molecule has 2 saturated heterocycles. The zero-order valence-electron chi connectivity index (χ0n) is 20.3. The smallest absolute Gasteiger partial charge is 0.238 e. The van der Waals surface area contributed by atoms with E-state index in [-0.39, 0.29) is 64.5 Å². The van der Waals surface area contributed by atoms with Gasteiger partial charge >= 0.3 is 0 Å². The first-order valence-corrected chi connectivity index (χ1v) is 15.0. The number of para-hydroxylation sites is 1. The number of allylic oxidation sites excluding steroid dienone is 1. The Labute approximate surface area is 196 Å². The van der Waals surface area contributed by atoms with Crippen molar-refractivity contribution >= 4 is 31.7 Å². The highest BCUT2D eigenvalue weighted by molar-refractivity contribution is 6.74. The van der Waals surface area contributed by atoms with Gasteiger partial charge in [0, 0.05) is 0 Å². The maximum absolute atomic E-state index is 13.4. The quantitative estimate of drug-likeness (QED) is 0.309. The molecule has 0 aromatic heterocycles. The average Bonchev–Trinajstić information content (AvgIpc) is 3.36.